The van der Waals surface area contributed by atoms with E-state index in [0.717, 1.165) is 129 Å². The van der Waals surface area contributed by atoms with Crippen molar-refractivity contribution in [3.8, 4) is 96.0 Å². The fourth-order valence-corrected chi connectivity index (χ4v) is 14.1. The van der Waals surface area contributed by atoms with E-state index in [9.17, 15) is 0 Å². The van der Waals surface area contributed by atoms with Crippen LogP contribution in [0.2, 0.25) is 0 Å². The van der Waals surface area contributed by atoms with Crippen LogP contribution >= 0.6 is 0 Å². The summed E-state index contributed by atoms with van der Waals surface area (Å²) in [6.45, 7) is -0.0132. The minimum Gasteiger partial charge on any atom is -0.311 e. The van der Waals surface area contributed by atoms with Crippen molar-refractivity contribution < 1.29 is 0 Å². The average molecular weight is 1200 g/mol. The lowest BCUT2D eigenvalue weighted by Gasteiger charge is -2.44. The summed E-state index contributed by atoms with van der Waals surface area (Å²) in [5.41, 5.74) is 24.8. The molecule has 0 fully saturated rings. The Kier molecular flexibility index (Phi) is 13.1. The van der Waals surface area contributed by atoms with Crippen molar-refractivity contribution in [1.29, 1.82) is 0 Å². The number of para-hydroxylation sites is 5. The molecule has 18 rings (SSSR count). The maximum Gasteiger partial charge on any atom is 0.252 e. The summed E-state index contributed by atoms with van der Waals surface area (Å²) in [4.78, 5) is 32.3. The molecule has 0 N–H and O–H groups in total. The van der Waals surface area contributed by atoms with E-state index >= 15 is 0 Å². The summed E-state index contributed by atoms with van der Waals surface area (Å²) in [6.07, 6.45) is 0. The molecule has 0 saturated carbocycles. The van der Waals surface area contributed by atoms with Crippen LogP contribution in [0.5, 0.6) is 0 Å². The summed E-state index contributed by atoms with van der Waals surface area (Å²) >= 11 is 0. The van der Waals surface area contributed by atoms with E-state index in [0.29, 0.717) is 23.3 Å². The standard InChI is InChI=1S/C85H55BN8/c1-7-26-56(27-8-1)61-46-48-75-68(51-61)67-40-19-22-43-74(67)94(75)76-49-47-63(83-87-72(57-28-9-2-10-29-57)55-73(88-83)58-30-11-3-12-31-58)52-69(76)85-90-82(59-32-13-4-14-33-59)89-84(91-85)62-35-25-34-60(50-62)64-53-79-81-80(54-64)93(66-38-17-6-18-39-66)78-45-24-21-42-71(78)86(81)70-41-20-23-44-77(70)92(79)65-36-15-5-16-37-65/h1-55H. The molecular weight excluding hydrogens is 1140 g/mol. The minimum absolute atomic E-state index is 0.0132. The first-order valence-electron chi connectivity index (χ1n) is 31.8. The second-order valence-electron chi connectivity index (χ2n) is 24.0. The second kappa shape index (κ2) is 22.7. The molecule has 438 valence electrons. The number of hydrogen-bond acceptors (Lipinski definition) is 7. The first-order valence-corrected chi connectivity index (χ1v) is 31.8. The first kappa shape index (κ1) is 54.4. The highest BCUT2D eigenvalue weighted by atomic mass is 15.2. The molecule has 0 amide bonds. The Hall–Kier alpha value is -12.6. The van der Waals surface area contributed by atoms with Crippen molar-refractivity contribution in [2.75, 3.05) is 9.80 Å². The van der Waals surface area contributed by atoms with Crippen molar-refractivity contribution in [3.05, 3.63) is 334 Å². The Morgan fingerprint density at radius 3 is 1.28 bits per heavy atom. The Morgan fingerprint density at radius 1 is 0.234 bits per heavy atom. The van der Waals surface area contributed by atoms with E-state index in [1.54, 1.807) is 0 Å². The predicted molar refractivity (Wildman–Crippen MR) is 387 cm³/mol. The molecule has 0 aliphatic carbocycles. The van der Waals surface area contributed by atoms with Gasteiger partial charge in [0.1, 0.15) is 0 Å². The first-order chi connectivity index (χ1) is 46.6. The largest absolute Gasteiger partial charge is 0.311 e. The van der Waals surface area contributed by atoms with Gasteiger partial charge in [-0.3, -0.25) is 0 Å². The molecule has 3 aromatic heterocycles. The smallest absolute Gasteiger partial charge is 0.252 e. The van der Waals surface area contributed by atoms with Crippen LogP contribution in [0.4, 0.5) is 34.1 Å². The van der Waals surface area contributed by atoms with Crippen LogP contribution in [-0.2, 0) is 0 Å². The van der Waals surface area contributed by atoms with Gasteiger partial charge in [0.2, 0.25) is 0 Å². The molecule has 13 aromatic carbocycles. The van der Waals surface area contributed by atoms with Crippen molar-refractivity contribution in [1.82, 2.24) is 29.5 Å². The Labute approximate surface area is 544 Å². The lowest BCUT2D eigenvalue weighted by atomic mass is 9.33. The highest BCUT2D eigenvalue weighted by molar-refractivity contribution is 7.00. The third-order valence-corrected chi connectivity index (χ3v) is 18.4. The van der Waals surface area contributed by atoms with Crippen LogP contribution in [0.3, 0.4) is 0 Å². The van der Waals surface area contributed by atoms with Gasteiger partial charge in [0.05, 0.1) is 28.1 Å². The van der Waals surface area contributed by atoms with Gasteiger partial charge < -0.3 is 14.4 Å². The highest BCUT2D eigenvalue weighted by Crippen LogP contribution is 2.47. The van der Waals surface area contributed by atoms with E-state index in [2.05, 4.69) is 318 Å². The van der Waals surface area contributed by atoms with Gasteiger partial charge in [-0.05, 0) is 136 Å². The summed E-state index contributed by atoms with van der Waals surface area (Å²) < 4.78 is 2.36. The number of anilines is 6. The quantitative estimate of drug-likeness (QED) is 0.119. The molecular formula is C85H55BN8. The molecule has 2 aliphatic heterocycles. The number of aromatic nitrogens is 6. The lowest BCUT2D eigenvalue weighted by molar-refractivity contribution is 1.06. The third-order valence-electron chi connectivity index (χ3n) is 18.4. The Morgan fingerprint density at radius 2 is 0.670 bits per heavy atom. The maximum absolute atomic E-state index is 5.67. The van der Waals surface area contributed by atoms with Crippen LogP contribution < -0.4 is 26.2 Å². The van der Waals surface area contributed by atoms with Crippen LogP contribution in [-0.4, -0.2) is 36.2 Å². The van der Waals surface area contributed by atoms with E-state index in [1.165, 1.54) is 16.4 Å². The molecule has 5 heterocycles. The highest BCUT2D eigenvalue weighted by Gasteiger charge is 2.43. The predicted octanol–water partition coefficient (Wildman–Crippen LogP) is 19.2. The van der Waals surface area contributed by atoms with Crippen molar-refractivity contribution >= 4 is 79.0 Å². The molecule has 0 bridgehead atoms. The van der Waals surface area contributed by atoms with E-state index in [4.69, 9.17) is 24.9 Å². The van der Waals surface area contributed by atoms with E-state index in [1.807, 2.05) is 30.3 Å². The minimum atomic E-state index is -0.0132. The van der Waals surface area contributed by atoms with Crippen LogP contribution in [0, 0.1) is 0 Å². The SMILES string of the molecule is c1ccc(-c2ccc3c(c2)c2ccccc2n3-c2ccc(-c3nc(-c4ccccc4)cc(-c4ccccc4)n3)cc2-c2nc(-c3ccccc3)nc(-c3cccc(-c4cc5c6c(c4)N(c4ccccc4)c4ccccc4B6c4ccccc4N5c4ccccc4)c3)n2)cc1. The van der Waals surface area contributed by atoms with Gasteiger partial charge in [-0.2, -0.15) is 0 Å². The van der Waals surface area contributed by atoms with E-state index in [-0.39, 0.29) is 6.71 Å². The van der Waals surface area contributed by atoms with Gasteiger partial charge in [-0.15, -0.1) is 0 Å². The van der Waals surface area contributed by atoms with E-state index < -0.39 is 0 Å². The summed E-state index contributed by atoms with van der Waals surface area (Å²) in [6, 6.07) is 118. The summed E-state index contributed by atoms with van der Waals surface area (Å²) in [5.74, 6) is 2.15. The molecule has 0 saturated heterocycles. The molecule has 0 atom stereocenters. The molecule has 0 unspecified atom stereocenters. The number of fused-ring (bicyclic) bond motifs is 7. The maximum atomic E-state index is 5.67. The van der Waals surface area contributed by atoms with Gasteiger partial charge in [-0.25, -0.2) is 24.9 Å². The molecule has 9 heteroatoms. The zero-order chi connectivity index (χ0) is 62.1. The molecule has 0 radical (unpaired) electrons. The fourth-order valence-electron chi connectivity index (χ4n) is 14.1. The summed E-state index contributed by atoms with van der Waals surface area (Å²) in [7, 11) is 0. The van der Waals surface area contributed by atoms with Crippen LogP contribution in [0.15, 0.2) is 334 Å². The molecule has 0 spiro atoms. The van der Waals surface area contributed by atoms with Gasteiger partial charge in [0, 0.05) is 78.3 Å². The van der Waals surface area contributed by atoms with Crippen molar-refractivity contribution in [2.45, 2.75) is 0 Å². The molecule has 2 aliphatic rings. The average Bonchev–Trinajstić information content (AvgIpc) is 0.817. The molecule has 94 heavy (non-hydrogen) atoms. The topological polar surface area (TPSA) is 75.9 Å². The number of hydrogen-bond donors (Lipinski definition) is 0. The normalized spacial score (nSPS) is 12.2. The van der Waals surface area contributed by atoms with Gasteiger partial charge in [0.15, 0.2) is 23.3 Å². The number of benzene rings is 13. The Bertz CT molecular complexity index is 5400. The zero-order valence-electron chi connectivity index (χ0n) is 50.9. The lowest BCUT2D eigenvalue weighted by Crippen LogP contribution is -2.61. The van der Waals surface area contributed by atoms with Crippen molar-refractivity contribution in [2.24, 2.45) is 0 Å². The summed E-state index contributed by atoms with van der Waals surface area (Å²) in [5, 5.41) is 2.27. The second-order valence-corrected chi connectivity index (χ2v) is 24.0. The van der Waals surface area contributed by atoms with Gasteiger partial charge in [0.25, 0.3) is 6.71 Å². The van der Waals surface area contributed by atoms with Crippen molar-refractivity contribution in [3.63, 3.8) is 0 Å². The molecule has 8 nitrogen and oxygen atoms in total. The zero-order valence-corrected chi connectivity index (χ0v) is 50.9. The molecule has 16 aromatic rings. The monoisotopic (exact) mass is 1200 g/mol. The number of nitrogens with zero attached hydrogens (tertiary/aromatic N) is 8. The van der Waals surface area contributed by atoms with Gasteiger partial charge in [-0.1, -0.05) is 237 Å². The Balaban J connectivity index is 0.864. The third kappa shape index (κ3) is 9.36. The van der Waals surface area contributed by atoms with Crippen LogP contribution in [0.25, 0.3) is 118 Å². The fraction of sp³-hybridized carbons (Fsp3) is 0. The number of rotatable bonds is 11. The van der Waals surface area contributed by atoms with Gasteiger partial charge >= 0.3 is 0 Å². The van der Waals surface area contributed by atoms with Crippen LogP contribution in [0.1, 0.15) is 0 Å².